The Bertz CT molecular complexity index is 789. The van der Waals surface area contributed by atoms with Crippen LogP contribution in [0.1, 0.15) is 55.4 Å². The van der Waals surface area contributed by atoms with Crippen LogP contribution < -0.4 is 5.32 Å². The van der Waals surface area contributed by atoms with Gasteiger partial charge >= 0.3 is 0 Å². The summed E-state index contributed by atoms with van der Waals surface area (Å²) in [6.45, 7) is 5.47. The Labute approximate surface area is 152 Å². The van der Waals surface area contributed by atoms with Crippen molar-refractivity contribution >= 4 is 17.5 Å². The summed E-state index contributed by atoms with van der Waals surface area (Å²) < 4.78 is 54.1. The second kappa shape index (κ2) is 8.07. The Kier molecular flexibility index (Phi) is 6.27. The number of halogens is 5. The number of rotatable bonds is 7. The van der Waals surface area contributed by atoms with Crippen LogP contribution in [0, 0.1) is 6.92 Å². The second-order valence-corrected chi connectivity index (χ2v) is 6.01. The lowest BCUT2D eigenvalue weighted by Gasteiger charge is -2.15. The number of alkyl halides is 4. The van der Waals surface area contributed by atoms with Crippen LogP contribution in [0.3, 0.4) is 0 Å². The third kappa shape index (κ3) is 4.00. The van der Waals surface area contributed by atoms with Crippen molar-refractivity contribution in [2.75, 3.05) is 0 Å². The van der Waals surface area contributed by atoms with Crippen LogP contribution in [0.25, 0.3) is 0 Å². The highest BCUT2D eigenvalue weighted by molar-refractivity contribution is 6.32. The van der Waals surface area contributed by atoms with Crippen LogP contribution in [0.2, 0.25) is 5.02 Å². The third-order valence-electron chi connectivity index (χ3n) is 3.95. The standard InChI is InChI=1S/C15H18ClF4N5O/c1-4-24-8(3)9(5-21-24)7(2)22-10(26)6-25-13(15(19)20)11(16)12(23-25)14(17)18/h5,7,14-15H,4,6H2,1-3H3,(H,22,26). The number of hydrogen-bond donors (Lipinski definition) is 1. The molecule has 0 aromatic carbocycles. The molecule has 26 heavy (non-hydrogen) atoms. The molecule has 1 N–H and O–H groups in total. The number of carbonyl (C=O) groups is 1. The van der Waals surface area contributed by atoms with Crippen molar-refractivity contribution in [1.29, 1.82) is 0 Å². The average molecular weight is 396 g/mol. The van der Waals surface area contributed by atoms with Crippen LogP contribution in [0.4, 0.5) is 17.6 Å². The highest BCUT2D eigenvalue weighted by Gasteiger charge is 2.29. The Morgan fingerprint density at radius 1 is 1.27 bits per heavy atom. The van der Waals surface area contributed by atoms with E-state index in [1.165, 1.54) is 0 Å². The summed E-state index contributed by atoms with van der Waals surface area (Å²) in [4.78, 5) is 12.2. The fourth-order valence-electron chi connectivity index (χ4n) is 2.65. The molecule has 2 rings (SSSR count). The van der Waals surface area contributed by atoms with Gasteiger partial charge in [-0.15, -0.1) is 0 Å². The average Bonchev–Trinajstić information content (AvgIpc) is 3.07. The molecule has 0 radical (unpaired) electrons. The van der Waals surface area contributed by atoms with Crippen LogP contribution in [-0.4, -0.2) is 25.5 Å². The van der Waals surface area contributed by atoms with Gasteiger partial charge in [0.2, 0.25) is 5.91 Å². The van der Waals surface area contributed by atoms with E-state index in [1.807, 2.05) is 13.8 Å². The van der Waals surface area contributed by atoms with Crippen LogP contribution in [0.15, 0.2) is 6.20 Å². The zero-order chi connectivity index (χ0) is 19.6. The molecule has 2 aromatic rings. The smallest absolute Gasteiger partial charge is 0.283 e. The first kappa shape index (κ1) is 20.2. The highest BCUT2D eigenvalue weighted by atomic mass is 35.5. The van der Waals surface area contributed by atoms with Gasteiger partial charge in [-0.25, -0.2) is 17.6 Å². The molecule has 2 heterocycles. The van der Waals surface area contributed by atoms with Crippen molar-refractivity contribution in [3.05, 3.63) is 33.9 Å². The van der Waals surface area contributed by atoms with Gasteiger partial charge in [0.15, 0.2) is 0 Å². The lowest BCUT2D eigenvalue weighted by atomic mass is 10.1. The number of nitrogens with one attached hydrogen (secondary N) is 1. The lowest BCUT2D eigenvalue weighted by Crippen LogP contribution is -2.31. The zero-order valence-corrected chi connectivity index (χ0v) is 15.1. The number of aromatic nitrogens is 4. The number of nitrogens with zero attached hydrogens (tertiary/aromatic N) is 4. The van der Waals surface area contributed by atoms with Gasteiger partial charge in [-0.3, -0.25) is 14.2 Å². The molecule has 144 valence electrons. The van der Waals surface area contributed by atoms with Crippen molar-refractivity contribution in [2.45, 2.75) is 52.8 Å². The van der Waals surface area contributed by atoms with Crippen LogP contribution in [0.5, 0.6) is 0 Å². The van der Waals surface area contributed by atoms with Crippen molar-refractivity contribution in [2.24, 2.45) is 0 Å². The lowest BCUT2D eigenvalue weighted by molar-refractivity contribution is -0.122. The first-order valence-electron chi connectivity index (χ1n) is 7.81. The van der Waals surface area contributed by atoms with Gasteiger partial charge in [-0.05, 0) is 20.8 Å². The molecule has 1 amide bonds. The number of aryl methyl sites for hydroxylation is 1. The largest absolute Gasteiger partial charge is 0.348 e. The third-order valence-corrected chi connectivity index (χ3v) is 4.33. The highest BCUT2D eigenvalue weighted by Crippen LogP contribution is 2.34. The minimum Gasteiger partial charge on any atom is -0.348 e. The summed E-state index contributed by atoms with van der Waals surface area (Å²) in [5.74, 6) is -0.664. The fraction of sp³-hybridized carbons (Fsp3) is 0.533. The molecule has 2 aromatic heterocycles. The molecule has 0 saturated carbocycles. The van der Waals surface area contributed by atoms with E-state index in [0.717, 1.165) is 11.3 Å². The zero-order valence-electron chi connectivity index (χ0n) is 14.3. The van der Waals surface area contributed by atoms with E-state index in [-0.39, 0.29) is 0 Å². The predicted octanol–water partition coefficient (Wildman–Crippen LogP) is 3.81. The van der Waals surface area contributed by atoms with Crippen molar-refractivity contribution in [3.63, 3.8) is 0 Å². The van der Waals surface area contributed by atoms with Crippen molar-refractivity contribution in [1.82, 2.24) is 24.9 Å². The molecule has 0 aliphatic carbocycles. The number of hydrogen-bond acceptors (Lipinski definition) is 3. The van der Waals surface area contributed by atoms with Crippen molar-refractivity contribution < 1.29 is 22.4 Å². The van der Waals surface area contributed by atoms with E-state index in [1.54, 1.807) is 17.8 Å². The van der Waals surface area contributed by atoms with Gasteiger partial charge < -0.3 is 5.32 Å². The topological polar surface area (TPSA) is 64.7 Å². The van der Waals surface area contributed by atoms with E-state index in [2.05, 4.69) is 15.5 Å². The van der Waals surface area contributed by atoms with E-state index in [9.17, 15) is 22.4 Å². The van der Waals surface area contributed by atoms with E-state index in [0.29, 0.717) is 11.2 Å². The molecule has 0 fully saturated rings. The second-order valence-electron chi connectivity index (χ2n) is 5.63. The molecule has 6 nitrogen and oxygen atoms in total. The van der Waals surface area contributed by atoms with Crippen molar-refractivity contribution in [3.8, 4) is 0 Å². The normalized spacial score (nSPS) is 12.8. The molecule has 0 saturated heterocycles. The summed E-state index contributed by atoms with van der Waals surface area (Å²) in [6.07, 6.45) is -4.66. The minimum atomic E-state index is -3.14. The molecule has 0 aliphatic rings. The first-order chi connectivity index (χ1) is 12.2. The Morgan fingerprint density at radius 3 is 2.42 bits per heavy atom. The van der Waals surface area contributed by atoms with E-state index in [4.69, 9.17) is 11.6 Å². The molecule has 0 bridgehead atoms. The summed E-state index contributed by atoms with van der Waals surface area (Å²) in [6, 6.07) is -0.446. The van der Waals surface area contributed by atoms with E-state index >= 15 is 0 Å². The maximum atomic E-state index is 13.1. The molecular weight excluding hydrogens is 378 g/mol. The molecule has 0 spiro atoms. The molecular formula is C15H18ClF4N5O. The summed E-state index contributed by atoms with van der Waals surface area (Å²) in [7, 11) is 0. The molecule has 0 aliphatic heterocycles. The van der Waals surface area contributed by atoms with Crippen LogP contribution in [-0.2, 0) is 17.9 Å². The fourth-order valence-corrected chi connectivity index (χ4v) is 2.95. The number of carbonyl (C=O) groups excluding carboxylic acids is 1. The van der Waals surface area contributed by atoms with Gasteiger partial charge in [-0.1, -0.05) is 11.6 Å². The maximum absolute atomic E-state index is 13.1. The minimum absolute atomic E-state index is 0.446. The summed E-state index contributed by atoms with van der Waals surface area (Å²) in [5, 5.41) is 9.32. The van der Waals surface area contributed by atoms with Gasteiger partial charge in [0.05, 0.1) is 17.3 Å². The Morgan fingerprint density at radius 2 is 1.92 bits per heavy atom. The monoisotopic (exact) mass is 395 g/mol. The van der Waals surface area contributed by atoms with E-state index < -0.39 is 47.8 Å². The van der Waals surface area contributed by atoms with Crippen LogP contribution >= 0.6 is 11.6 Å². The number of amides is 1. The van der Waals surface area contributed by atoms with Gasteiger partial charge in [0, 0.05) is 17.8 Å². The van der Waals surface area contributed by atoms with Gasteiger partial charge in [-0.2, -0.15) is 10.2 Å². The van der Waals surface area contributed by atoms with Gasteiger partial charge in [0.25, 0.3) is 12.9 Å². The quantitative estimate of drug-likeness (QED) is 0.725. The Hall–Kier alpha value is -2.10. The maximum Gasteiger partial charge on any atom is 0.283 e. The molecule has 11 heteroatoms. The summed E-state index contributed by atoms with van der Waals surface area (Å²) >= 11 is 5.56. The molecule has 1 atom stereocenters. The summed E-state index contributed by atoms with van der Waals surface area (Å²) in [5.41, 5.74) is -0.251. The molecule has 1 unspecified atom stereocenters. The Balaban J connectivity index is 2.17. The SMILES string of the molecule is CCn1ncc(C(C)NC(=O)Cn2nc(C(F)F)c(Cl)c2C(F)F)c1C. The predicted molar refractivity (Wildman–Crippen MR) is 86.3 cm³/mol. The first-order valence-corrected chi connectivity index (χ1v) is 8.19. The van der Waals surface area contributed by atoms with Gasteiger partial charge in [0.1, 0.15) is 17.9 Å².